The molecule has 0 aliphatic rings. The fourth-order valence-corrected chi connectivity index (χ4v) is 3.32. The molecule has 1 rings (SSSR count). The number of aryl methyl sites for hydroxylation is 2. The Kier molecular flexibility index (Phi) is 6.80. The molecule has 6 heteroatoms. The lowest BCUT2D eigenvalue weighted by atomic mass is 10.1. The van der Waals surface area contributed by atoms with Crippen LogP contribution in [0.25, 0.3) is 0 Å². The second-order valence-corrected chi connectivity index (χ2v) is 7.35. The maximum atomic E-state index is 12.3. The van der Waals surface area contributed by atoms with E-state index in [4.69, 9.17) is 10.5 Å². The van der Waals surface area contributed by atoms with Gasteiger partial charge in [0.15, 0.2) is 0 Å². The zero-order valence-corrected chi connectivity index (χ0v) is 14.1. The summed E-state index contributed by atoms with van der Waals surface area (Å²) in [7, 11) is -3.53. The Balaban J connectivity index is 2.74. The Morgan fingerprint density at radius 1 is 1.24 bits per heavy atom. The molecule has 3 N–H and O–H groups in total. The van der Waals surface area contributed by atoms with Crippen LogP contribution in [0.1, 0.15) is 30.5 Å². The van der Waals surface area contributed by atoms with Crippen LogP contribution in [0.15, 0.2) is 17.0 Å². The summed E-state index contributed by atoms with van der Waals surface area (Å²) in [6.45, 7) is 9.40. The number of hydrogen-bond acceptors (Lipinski definition) is 4. The van der Waals surface area contributed by atoms with Gasteiger partial charge in [0.25, 0.3) is 0 Å². The Bertz CT molecular complexity index is 569. The first-order chi connectivity index (χ1) is 9.77. The summed E-state index contributed by atoms with van der Waals surface area (Å²) in [5.74, 6) is 0.438. The van der Waals surface area contributed by atoms with E-state index in [1.165, 1.54) is 0 Å². The number of ether oxygens (including phenoxy) is 1. The molecule has 0 amide bonds. The second kappa shape index (κ2) is 7.89. The maximum Gasteiger partial charge on any atom is 0.240 e. The molecule has 1 aromatic carbocycles. The standard InChI is InChI=1S/C15H26N2O3S/c1-11(2)10-20-6-5-17-21(18,19)15-8-14(9-16)12(3)7-13(15)4/h7-8,11,17H,5-6,9-10,16H2,1-4H3. The number of benzene rings is 1. The fraction of sp³-hybridized carbons (Fsp3) is 0.600. The first kappa shape index (κ1) is 18.1. The van der Waals surface area contributed by atoms with Gasteiger partial charge in [0, 0.05) is 19.7 Å². The third-order valence-electron chi connectivity index (χ3n) is 3.13. The largest absolute Gasteiger partial charge is 0.380 e. The first-order valence-electron chi connectivity index (χ1n) is 7.15. The van der Waals surface area contributed by atoms with E-state index in [1.54, 1.807) is 13.0 Å². The van der Waals surface area contributed by atoms with Crippen LogP contribution in [0.4, 0.5) is 0 Å². The summed E-state index contributed by atoms with van der Waals surface area (Å²) in [5.41, 5.74) is 8.22. The van der Waals surface area contributed by atoms with Crippen LogP contribution in [0.5, 0.6) is 0 Å². The van der Waals surface area contributed by atoms with E-state index >= 15 is 0 Å². The average Bonchev–Trinajstić information content (AvgIpc) is 2.37. The van der Waals surface area contributed by atoms with Crippen molar-refractivity contribution in [1.29, 1.82) is 0 Å². The molecule has 0 bridgehead atoms. The van der Waals surface area contributed by atoms with Crippen LogP contribution in [-0.2, 0) is 21.3 Å². The van der Waals surface area contributed by atoms with Gasteiger partial charge in [-0.25, -0.2) is 13.1 Å². The number of nitrogens with two attached hydrogens (primary N) is 1. The Morgan fingerprint density at radius 3 is 2.48 bits per heavy atom. The van der Waals surface area contributed by atoms with Crippen molar-refractivity contribution in [3.8, 4) is 0 Å². The molecule has 0 fully saturated rings. The zero-order chi connectivity index (χ0) is 16.0. The van der Waals surface area contributed by atoms with E-state index in [-0.39, 0.29) is 11.4 Å². The lowest BCUT2D eigenvalue weighted by molar-refractivity contribution is 0.114. The fourth-order valence-electron chi connectivity index (χ4n) is 2.03. The van der Waals surface area contributed by atoms with Crippen molar-refractivity contribution < 1.29 is 13.2 Å². The predicted molar refractivity (Wildman–Crippen MR) is 84.7 cm³/mol. The minimum Gasteiger partial charge on any atom is -0.380 e. The van der Waals surface area contributed by atoms with Crippen molar-refractivity contribution in [2.75, 3.05) is 19.8 Å². The molecule has 0 saturated heterocycles. The highest BCUT2D eigenvalue weighted by Crippen LogP contribution is 2.20. The number of hydrogen-bond donors (Lipinski definition) is 2. The third kappa shape index (κ3) is 5.39. The first-order valence-corrected chi connectivity index (χ1v) is 8.64. The van der Waals surface area contributed by atoms with Crippen LogP contribution in [0.3, 0.4) is 0 Å². The number of nitrogens with one attached hydrogen (secondary N) is 1. The minimum absolute atomic E-state index is 0.264. The van der Waals surface area contributed by atoms with Crippen molar-refractivity contribution in [1.82, 2.24) is 4.72 Å². The van der Waals surface area contributed by atoms with E-state index in [1.807, 2.05) is 26.8 Å². The molecule has 0 aliphatic carbocycles. The van der Waals surface area contributed by atoms with Crippen LogP contribution in [0.2, 0.25) is 0 Å². The molecule has 0 saturated carbocycles. The van der Waals surface area contributed by atoms with Crippen molar-refractivity contribution in [3.05, 3.63) is 28.8 Å². The summed E-state index contributed by atoms with van der Waals surface area (Å²) in [4.78, 5) is 0.289. The Labute approximate surface area is 127 Å². The molecule has 0 unspecified atom stereocenters. The Hall–Kier alpha value is -0.950. The van der Waals surface area contributed by atoms with Gasteiger partial charge in [0.2, 0.25) is 10.0 Å². The monoisotopic (exact) mass is 314 g/mol. The molecule has 5 nitrogen and oxygen atoms in total. The quantitative estimate of drug-likeness (QED) is 0.716. The van der Waals surface area contributed by atoms with Crippen LogP contribution >= 0.6 is 0 Å². The molecule has 1 aromatic rings. The third-order valence-corrected chi connectivity index (χ3v) is 4.74. The van der Waals surface area contributed by atoms with Gasteiger partial charge in [-0.3, -0.25) is 0 Å². The van der Waals surface area contributed by atoms with E-state index in [9.17, 15) is 8.42 Å². The van der Waals surface area contributed by atoms with Gasteiger partial charge < -0.3 is 10.5 Å². The summed E-state index contributed by atoms with van der Waals surface area (Å²) in [5, 5.41) is 0. The van der Waals surface area contributed by atoms with Crippen molar-refractivity contribution in [2.45, 2.75) is 39.1 Å². The average molecular weight is 314 g/mol. The molecule has 0 atom stereocenters. The highest BCUT2D eigenvalue weighted by molar-refractivity contribution is 7.89. The molecule has 0 radical (unpaired) electrons. The lowest BCUT2D eigenvalue weighted by Crippen LogP contribution is -2.28. The van der Waals surface area contributed by atoms with Crippen molar-refractivity contribution in [2.24, 2.45) is 11.7 Å². The molecular weight excluding hydrogens is 288 g/mol. The molecule has 0 aromatic heterocycles. The maximum absolute atomic E-state index is 12.3. The number of sulfonamides is 1. The lowest BCUT2D eigenvalue weighted by Gasteiger charge is -2.13. The van der Waals surface area contributed by atoms with Gasteiger partial charge in [0.1, 0.15) is 0 Å². The van der Waals surface area contributed by atoms with Gasteiger partial charge >= 0.3 is 0 Å². The van der Waals surface area contributed by atoms with Gasteiger partial charge in [-0.2, -0.15) is 0 Å². The summed E-state index contributed by atoms with van der Waals surface area (Å²) >= 11 is 0. The van der Waals surface area contributed by atoms with Gasteiger partial charge in [-0.15, -0.1) is 0 Å². The summed E-state index contributed by atoms with van der Waals surface area (Å²) in [6.07, 6.45) is 0. The van der Waals surface area contributed by atoms with Gasteiger partial charge in [-0.05, 0) is 42.5 Å². The summed E-state index contributed by atoms with van der Waals surface area (Å²) in [6, 6.07) is 3.51. The predicted octanol–water partition coefficient (Wildman–Crippen LogP) is 1.71. The Morgan fingerprint density at radius 2 is 1.90 bits per heavy atom. The van der Waals surface area contributed by atoms with E-state index in [2.05, 4.69) is 4.72 Å². The minimum atomic E-state index is -3.53. The molecule has 0 spiro atoms. The van der Waals surface area contributed by atoms with E-state index in [0.29, 0.717) is 25.7 Å². The van der Waals surface area contributed by atoms with E-state index < -0.39 is 10.0 Å². The molecule has 0 aliphatic heterocycles. The second-order valence-electron chi connectivity index (χ2n) is 5.61. The van der Waals surface area contributed by atoms with E-state index in [0.717, 1.165) is 16.7 Å². The van der Waals surface area contributed by atoms with Crippen molar-refractivity contribution in [3.63, 3.8) is 0 Å². The topological polar surface area (TPSA) is 81.4 Å². The highest BCUT2D eigenvalue weighted by Gasteiger charge is 2.17. The van der Waals surface area contributed by atoms with Crippen LogP contribution in [-0.4, -0.2) is 28.2 Å². The van der Waals surface area contributed by atoms with Crippen molar-refractivity contribution >= 4 is 10.0 Å². The molecule has 21 heavy (non-hydrogen) atoms. The van der Waals surface area contributed by atoms with Crippen LogP contribution in [0, 0.1) is 19.8 Å². The molecular formula is C15H26N2O3S. The molecule has 120 valence electrons. The highest BCUT2D eigenvalue weighted by atomic mass is 32.2. The molecule has 0 heterocycles. The van der Waals surface area contributed by atoms with Crippen LogP contribution < -0.4 is 10.5 Å². The summed E-state index contributed by atoms with van der Waals surface area (Å²) < 4.78 is 32.6. The zero-order valence-electron chi connectivity index (χ0n) is 13.3. The smallest absolute Gasteiger partial charge is 0.240 e. The normalized spacial score (nSPS) is 12.1. The number of rotatable bonds is 8. The van der Waals surface area contributed by atoms with Gasteiger partial charge in [-0.1, -0.05) is 19.9 Å². The SMILES string of the molecule is Cc1cc(C)c(S(=O)(=O)NCCOCC(C)C)cc1CN. The van der Waals surface area contributed by atoms with Gasteiger partial charge in [0.05, 0.1) is 11.5 Å².